The second kappa shape index (κ2) is 6.99. The van der Waals surface area contributed by atoms with Crippen molar-refractivity contribution in [3.63, 3.8) is 0 Å². The molecule has 0 amide bonds. The van der Waals surface area contributed by atoms with Crippen LogP contribution in [0.25, 0.3) is 0 Å². The summed E-state index contributed by atoms with van der Waals surface area (Å²) in [6.45, 7) is 0.370. The van der Waals surface area contributed by atoms with E-state index >= 15 is 0 Å². The first-order chi connectivity index (χ1) is 10.8. The summed E-state index contributed by atoms with van der Waals surface area (Å²) in [7, 11) is -4.07. The van der Waals surface area contributed by atoms with Gasteiger partial charge in [0.1, 0.15) is 4.90 Å². The Morgan fingerprint density at radius 3 is 2.39 bits per heavy atom. The van der Waals surface area contributed by atoms with Crippen molar-refractivity contribution in [1.82, 2.24) is 0 Å². The highest BCUT2D eigenvalue weighted by atomic mass is 32.2. The van der Waals surface area contributed by atoms with Crippen molar-refractivity contribution in [3.05, 3.63) is 58.1 Å². The molecule has 0 fully saturated rings. The number of non-ortho nitro benzene ring substituents is 1. The molecule has 0 aliphatic rings. The first-order valence-electron chi connectivity index (χ1n) is 6.49. The van der Waals surface area contributed by atoms with E-state index in [4.69, 9.17) is 5.14 Å². The minimum Gasteiger partial charge on any atom is -0.380 e. The molecule has 3 N–H and O–H groups in total. The Labute approximate surface area is 138 Å². The van der Waals surface area contributed by atoms with Gasteiger partial charge < -0.3 is 5.32 Å². The molecule has 0 radical (unpaired) electrons. The quantitative estimate of drug-likeness (QED) is 0.468. The fourth-order valence-corrected chi connectivity index (χ4v) is 3.09. The summed E-state index contributed by atoms with van der Waals surface area (Å²) in [5.41, 5.74) is 0.845. The molecule has 23 heavy (non-hydrogen) atoms. The SMILES string of the molecule is CSc1ccc(CNc2ccc([N+](=O)[O-])cc2S(N)(=O)=O)cc1. The Hall–Kier alpha value is -2.10. The van der Waals surface area contributed by atoms with Gasteiger partial charge in [0.2, 0.25) is 10.0 Å². The molecule has 7 nitrogen and oxygen atoms in total. The summed E-state index contributed by atoms with van der Waals surface area (Å²) in [4.78, 5) is 10.9. The predicted octanol–water partition coefficient (Wildman–Crippen LogP) is 2.58. The third-order valence-corrected chi connectivity index (χ3v) is 4.82. The van der Waals surface area contributed by atoms with Crippen LogP contribution in [0.15, 0.2) is 52.3 Å². The molecule has 2 aromatic rings. The number of primary sulfonamides is 1. The van der Waals surface area contributed by atoms with Gasteiger partial charge in [-0.15, -0.1) is 11.8 Å². The number of nitro benzene ring substituents is 1. The third-order valence-electron chi connectivity index (χ3n) is 3.12. The minimum atomic E-state index is -4.07. The van der Waals surface area contributed by atoms with Crippen LogP contribution in [-0.2, 0) is 16.6 Å². The second-order valence-corrected chi connectivity index (χ2v) is 7.09. The zero-order valence-corrected chi connectivity index (χ0v) is 13.9. The second-order valence-electron chi connectivity index (χ2n) is 4.68. The van der Waals surface area contributed by atoms with Crippen molar-refractivity contribution in [2.45, 2.75) is 16.3 Å². The molecule has 0 aromatic heterocycles. The molecule has 122 valence electrons. The van der Waals surface area contributed by atoms with E-state index in [1.807, 2.05) is 30.5 Å². The molecule has 2 rings (SSSR count). The highest BCUT2D eigenvalue weighted by Gasteiger charge is 2.18. The summed E-state index contributed by atoms with van der Waals surface area (Å²) in [5.74, 6) is 0. The zero-order chi connectivity index (χ0) is 17.0. The average Bonchev–Trinajstić information content (AvgIpc) is 2.52. The molecule has 0 aliphatic carbocycles. The highest BCUT2D eigenvalue weighted by Crippen LogP contribution is 2.26. The summed E-state index contributed by atoms with van der Waals surface area (Å²) < 4.78 is 23.3. The number of nitrogens with one attached hydrogen (secondary N) is 1. The fraction of sp³-hybridized carbons (Fsp3) is 0.143. The Balaban J connectivity index is 2.26. The molecular weight excluding hydrogens is 338 g/mol. The maximum Gasteiger partial charge on any atom is 0.270 e. The van der Waals surface area contributed by atoms with E-state index in [2.05, 4.69) is 5.32 Å². The van der Waals surface area contributed by atoms with Crippen LogP contribution in [-0.4, -0.2) is 19.6 Å². The maximum atomic E-state index is 11.6. The molecule has 0 spiro atoms. The molecule has 0 bridgehead atoms. The largest absolute Gasteiger partial charge is 0.380 e. The van der Waals surface area contributed by atoms with Gasteiger partial charge in [-0.05, 0) is 30.0 Å². The average molecular weight is 353 g/mol. The highest BCUT2D eigenvalue weighted by molar-refractivity contribution is 7.98. The number of nitrogens with zero attached hydrogens (tertiary/aromatic N) is 1. The van der Waals surface area contributed by atoms with Crippen molar-refractivity contribution in [2.75, 3.05) is 11.6 Å². The number of hydrogen-bond acceptors (Lipinski definition) is 6. The minimum absolute atomic E-state index is 0.229. The van der Waals surface area contributed by atoms with Crippen LogP contribution >= 0.6 is 11.8 Å². The third kappa shape index (κ3) is 4.44. The topological polar surface area (TPSA) is 115 Å². The van der Waals surface area contributed by atoms with Crippen molar-refractivity contribution < 1.29 is 13.3 Å². The molecule has 0 unspecified atom stereocenters. The predicted molar refractivity (Wildman–Crippen MR) is 90.0 cm³/mol. The van der Waals surface area contributed by atoms with Crippen LogP contribution in [0.3, 0.4) is 0 Å². The van der Waals surface area contributed by atoms with E-state index in [1.54, 1.807) is 11.8 Å². The molecule has 0 saturated heterocycles. The smallest absolute Gasteiger partial charge is 0.270 e. The lowest BCUT2D eigenvalue weighted by molar-refractivity contribution is -0.385. The maximum absolute atomic E-state index is 11.6. The van der Waals surface area contributed by atoms with Gasteiger partial charge in [0.15, 0.2) is 0 Å². The van der Waals surface area contributed by atoms with Crippen LogP contribution in [0.1, 0.15) is 5.56 Å². The number of sulfonamides is 1. The van der Waals surface area contributed by atoms with Crippen LogP contribution < -0.4 is 10.5 Å². The summed E-state index contributed by atoms with van der Waals surface area (Å²) in [5, 5.41) is 18.9. The molecular formula is C14H15N3O4S2. The lowest BCUT2D eigenvalue weighted by Crippen LogP contribution is -2.15. The lowest BCUT2D eigenvalue weighted by Gasteiger charge is -2.11. The van der Waals surface area contributed by atoms with Crippen molar-refractivity contribution in [2.24, 2.45) is 5.14 Å². The van der Waals surface area contributed by atoms with Gasteiger partial charge in [0.05, 0.1) is 10.6 Å². The van der Waals surface area contributed by atoms with E-state index in [-0.39, 0.29) is 16.3 Å². The Morgan fingerprint density at radius 2 is 1.87 bits per heavy atom. The Bertz CT molecular complexity index is 820. The Kier molecular flexibility index (Phi) is 5.24. The van der Waals surface area contributed by atoms with E-state index < -0.39 is 14.9 Å². The van der Waals surface area contributed by atoms with Crippen molar-refractivity contribution in [1.29, 1.82) is 0 Å². The summed E-state index contributed by atoms with van der Waals surface area (Å²) >= 11 is 1.62. The summed E-state index contributed by atoms with van der Waals surface area (Å²) in [6.07, 6.45) is 1.97. The first kappa shape index (κ1) is 17.3. The zero-order valence-electron chi connectivity index (χ0n) is 12.2. The lowest BCUT2D eigenvalue weighted by atomic mass is 10.2. The van der Waals surface area contributed by atoms with Gasteiger partial charge in [-0.1, -0.05) is 12.1 Å². The van der Waals surface area contributed by atoms with Crippen LogP contribution in [0.5, 0.6) is 0 Å². The van der Waals surface area contributed by atoms with E-state index in [9.17, 15) is 18.5 Å². The number of thioether (sulfide) groups is 1. The molecule has 0 aliphatic heterocycles. The standard InChI is InChI=1S/C14H15N3O4S2/c1-22-12-5-2-10(3-6-12)9-16-13-7-4-11(17(18)19)8-14(13)23(15,20)21/h2-8,16H,9H2,1H3,(H2,15,20,21). The van der Waals surface area contributed by atoms with Gasteiger partial charge in [0.25, 0.3) is 5.69 Å². The monoisotopic (exact) mass is 353 g/mol. The van der Waals surface area contributed by atoms with Gasteiger partial charge >= 0.3 is 0 Å². The number of nitro groups is 1. The number of benzene rings is 2. The summed E-state index contributed by atoms with van der Waals surface area (Å²) in [6, 6.07) is 11.3. The van der Waals surface area contributed by atoms with E-state index in [0.717, 1.165) is 16.5 Å². The molecule has 0 heterocycles. The van der Waals surface area contributed by atoms with Crippen LogP contribution in [0.4, 0.5) is 11.4 Å². The van der Waals surface area contributed by atoms with Crippen molar-refractivity contribution in [3.8, 4) is 0 Å². The number of hydrogen-bond donors (Lipinski definition) is 2. The van der Waals surface area contributed by atoms with Gasteiger partial charge in [0, 0.05) is 23.6 Å². The Morgan fingerprint density at radius 1 is 1.22 bits per heavy atom. The van der Waals surface area contributed by atoms with E-state index in [1.165, 1.54) is 12.1 Å². The molecule has 2 aromatic carbocycles. The van der Waals surface area contributed by atoms with Crippen molar-refractivity contribution >= 4 is 33.2 Å². The molecule has 0 atom stereocenters. The van der Waals surface area contributed by atoms with Crippen LogP contribution in [0, 0.1) is 10.1 Å². The van der Waals surface area contributed by atoms with Gasteiger partial charge in [-0.25, -0.2) is 13.6 Å². The molecule has 9 heteroatoms. The number of rotatable bonds is 6. The van der Waals surface area contributed by atoms with Gasteiger partial charge in [-0.3, -0.25) is 10.1 Å². The molecule has 0 saturated carbocycles. The normalized spacial score (nSPS) is 11.2. The fourth-order valence-electron chi connectivity index (χ4n) is 1.95. The van der Waals surface area contributed by atoms with E-state index in [0.29, 0.717) is 6.54 Å². The number of anilines is 1. The first-order valence-corrected chi connectivity index (χ1v) is 9.26. The van der Waals surface area contributed by atoms with Crippen LogP contribution in [0.2, 0.25) is 0 Å². The number of nitrogens with two attached hydrogens (primary N) is 1. The van der Waals surface area contributed by atoms with Gasteiger partial charge in [-0.2, -0.15) is 0 Å².